The topological polar surface area (TPSA) is 85.3 Å². The number of anilines is 1. The number of ketones is 1. The van der Waals surface area contributed by atoms with Crippen LogP contribution in [-0.2, 0) is 9.59 Å². The smallest absolute Gasteiger partial charge is 0.300 e. The Bertz CT molecular complexity index is 1260. The van der Waals surface area contributed by atoms with Crippen LogP contribution in [0.15, 0.2) is 78.4 Å². The van der Waals surface area contributed by atoms with E-state index in [2.05, 4.69) is 0 Å². The van der Waals surface area contributed by atoms with Gasteiger partial charge in [0.25, 0.3) is 11.7 Å². The van der Waals surface area contributed by atoms with Crippen molar-refractivity contribution in [3.05, 3.63) is 89.5 Å². The predicted molar refractivity (Wildman–Crippen MR) is 138 cm³/mol. The molecule has 1 atom stereocenters. The zero-order valence-corrected chi connectivity index (χ0v) is 20.6. The van der Waals surface area contributed by atoms with E-state index in [1.54, 1.807) is 60.7 Å². The molecule has 4 rings (SSSR count). The Morgan fingerprint density at radius 1 is 0.778 bits per heavy atom. The van der Waals surface area contributed by atoms with Crippen LogP contribution in [0.25, 0.3) is 5.76 Å². The number of carbonyl (C=O) groups is 2. The molecule has 36 heavy (non-hydrogen) atoms. The van der Waals surface area contributed by atoms with Crippen molar-refractivity contribution in [3.63, 3.8) is 0 Å². The quantitative estimate of drug-likeness (QED) is 0.243. The Labute approximate surface area is 210 Å². The van der Waals surface area contributed by atoms with E-state index in [4.69, 9.17) is 14.2 Å². The summed E-state index contributed by atoms with van der Waals surface area (Å²) in [5.41, 5.74) is 1.57. The Kier molecular flexibility index (Phi) is 7.59. The summed E-state index contributed by atoms with van der Waals surface area (Å²) < 4.78 is 16.7. The summed E-state index contributed by atoms with van der Waals surface area (Å²) >= 11 is 0. The molecule has 1 aliphatic heterocycles. The summed E-state index contributed by atoms with van der Waals surface area (Å²) in [5, 5.41) is 11.3. The van der Waals surface area contributed by atoms with Gasteiger partial charge in [-0.3, -0.25) is 14.5 Å². The number of hydrogen-bond donors (Lipinski definition) is 1. The standard InChI is InChI=1S/C29H29NO6/c1-4-34-22-14-10-19(11-15-22)27(31)25-26(20-8-7-9-24(18-20)36-6-3)30(29(33)28(25)32)21-12-16-23(17-13-21)35-5-2/h7-18,26,31H,4-6H2,1-3H3/b27-25-. The molecule has 0 aliphatic carbocycles. The van der Waals surface area contributed by atoms with Gasteiger partial charge in [0.15, 0.2) is 0 Å². The third-order valence-electron chi connectivity index (χ3n) is 5.79. The number of benzene rings is 3. The number of carbonyl (C=O) groups excluding carboxylic acids is 2. The second-order valence-corrected chi connectivity index (χ2v) is 8.06. The highest BCUT2D eigenvalue weighted by Gasteiger charge is 2.47. The lowest BCUT2D eigenvalue weighted by molar-refractivity contribution is -0.132. The van der Waals surface area contributed by atoms with E-state index in [9.17, 15) is 14.7 Å². The van der Waals surface area contributed by atoms with Crippen molar-refractivity contribution in [1.29, 1.82) is 0 Å². The lowest BCUT2D eigenvalue weighted by atomic mass is 9.95. The van der Waals surface area contributed by atoms with E-state index in [-0.39, 0.29) is 11.3 Å². The third-order valence-corrected chi connectivity index (χ3v) is 5.79. The highest BCUT2D eigenvalue weighted by molar-refractivity contribution is 6.51. The SMILES string of the molecule is CCOc1ccc(/C(O)=C2/C(=O)C(=O)N(c3ccc(OCC)cc3)C2c2cccc(OCC)c2)cc1. The highest BCUT2D eigenvalue weighted by Crippen LogP contribution is 2.43. The number of nitrogens with zero attached hydrogens (tertiary/aromatic N) is 1. The minimum atomic E-state index is -0.852. The molecule has 0 saturated carbocycles. The van der Waals surface area contributed by atoms with Gasteiger partial charge in [0.05, 0.1) is 31.4 Å². The van der Waals surface area contributed by atoms with Gasteiger partial charge < -0.3 is 19.3 Å². The number of ether oxygens (including phenoxy) is 3. The number of aliphatic hydroxyl groups is 1. The molecule has 1 unspecified atom stereocenters. The van der Waals surface area contributed by atoms with Crippen molar-refractivity contribution in [2.24, 2.45) is 0 Å². The summed E-state index contributed by atoms with van der Waals surface area (Å²) in [4.78, 5) is 28.1. The van der Waals surface area contributed by atoms with E-state index < -0.39 is 17.7 Å². The predicted octanol–water partition coefficient (Wildman–Crippen LogP) is 5.51. The zero-order chi connectivity index (χ0) is 25.7. The fourth-order valence-corrected chi connectivity index (χ4v) is 4.26. The van der Waals surface area contributed by atoms with Gasteiger partial charge in [0, 0.05) is 11.3 Å². The minimum absolute atomic E-state index is 0.00620. The molecule has 7 nitrogen and oxygen atoms in total. The van der Waals surface area contributed by atoms with Crippen LogP contribution in [0.3, 0.4) is 0 Å². The zero-order valence-electron chi connectivity index (χ0n) is 20.6. The molecule has 7 heteroatoms. The van der Waals surface area contributed by atoms with Crippen LogP contribution in [0.1, 0.15) is 37.9 Å². The van der Waals surface area contributed by atoms with Gasteiger partial charge in [-0.05, 0) is 87.0 Å². The average Bonchev–Trinajstić information content (AvgIpc) is 3.16. The molecule has 3 aromatic rings. The van der Waals surface area contributed by atoms with E-state index in [0.717, 1.165) is 0 Å². The van der Waals surface area contributed by atoms with Crippen LogP contribution in [0.2, 0.25) is 0 Å². The molecular formula is C29H29NO6. The summed E-state index contributed by atoms with van der Waals surface area (Å²) in [7, 11) is 0. The van der Waals surface area contributed by atoms with Gasteiger partial charge in [-0.1, -0.05) is 12.1 Å². The summed E-state index contributed by atoms with van der Waals surface area (Å²) in [6, 6.07) is 20.1. The van der Waals surface area contributed by atoms with E-state index in [0.29, 0.717) is 53.9 Å². The first-order valence-electron chi connectivity index (χ1n) is 12.0. The van der Waals surface area contributed by atoms with Crippen LogP contribution >= 0.6 is 0 Å². The van der Waals surface area contributed by atoms with Crippen LogP contribution in [0, 0.1) is 0 Å². The van der Waals surface area contributed by atoms with Crippen molar-refractivity contribution in [3.8, 4) is 17.2 Å². The maximum atomic E-state index is 13.3. The Hall–Kier alpha value is -4.26. The van der Waals surface area contributed by atoms with Gasteiger partial charge in [-0.15, -0.1) is 0 Å². The molecule has 1 aliphatic rings. The molecule has 1 N–H and O–H groups in total. The van der Waals surface area contributed by atoms with Crippen molar-refractivity contribution in [2.75, 3.05) is 24.7 Å². The first-order valence-corrected chi connectivity index (χ1v) is 12.0. The van der Waals surface area contributed by atoms with Gasteiger partial charge in [0.2, 0.25) is 0 Å². The largest absolute Gasteiger partial charge is 0.507 e. The normalized spacial score (nSPS) is 16.8. The van der Waals surface area contributed by atoms with Crippen molar-refractivity contribution < 1.29 is 28.9 Å². The lowest BCUT2D eigenvalue weighted by Crippen LogP contribution is -2.29. The van der Waals surface area contributed by atoms with Gasteiger partial charge >= 0.3 is 0 Å². The summed E-state index contributed by atoms with van der Waals surface area (Å²) in [6.45, 7) is 7.13. The van der Waals surface area contributed by atoms with Crippen molar-refractivity contribution in [1.82, 2.24) is 0 Å². The van der Waals surface area contributed by atoms with Crippen molar-refractivity contribution in [2.45, 2.75) is 26.8 Å². The highest BCUT2D eigenvalue weighted by atomic mass is 16.5. The van der Waals surface area contributed by atoms with Crippen LogP contribution in [0.4, 0.5) is 5.69 Å². The third kappa shape index (κ3) is 4.91. The number of amides is 1. The molecule has 1 fully saturated rings. The molecule has 1 amide bonds. The number of rotatable bonds is 9. The average molecular weight is 488 g/mol. The van der Waals surface area contributed by atoms with Crippen LogP contribution in [0.5, 0.6) is 17.2 Å². The second kappa shape index (κ2) is 11.0. The Morgan fingerprint density at radius 2 is 1.33 bits per heavy atom. The molecule has 0 bridgehead atoms. The number of Topliss-reactive ketones (excluding diaryl/α,β-unsaturated/α-hetero) is 1. The number of aliphatic hydroxyl groups excluding tert-OH is 1. The summed E-state index contributed by atoms with van der Waals surface area (Å²) in [6.07, 6.45) is 0. The van der Waals surface area contributed by atoms with Crippen LogP contribution in [-0.4, -0.2) is 36.6 Å². The van der Waals surface area contributed by atoms with Gasteiger partial charge in [-0.25, -0.2) is 0 Å². The van der Waals surface area contributed by atoms with Gasteiger partial charge in [0.1, 0.15) is 23.0 Å². The Morgan fingerprint density at radius 3 is 1.92 bits per heavy atom. The molecule has 0 radical (unpaired) electrons. The monoisotopic (exact) mass is 487 g/mol. The molecule has 186 valence electrons. The van der Waals surface area contributed by atoms with Crippen LogP contribution < -0.4 is 19.1 Å². The maximum Gasteiger partial charge on any atom is 0.300 e. The summed E-state index contributed by atoms with van der Waals surface area (Å²) in [5.74, 6) is 0.164. The van der Waals surface area contributed by atoms with E-state index >= 15 is 0 Å². The molecule has 0 aromatic heterocycles. The van der Waals surface area contributed by atoms with Gasteiger partial charge in [-0.2, -0.15) is 0 Å². The number of hydrogen-bond acceptors (Lipinski definition) is 6. The molecule has 1 saturated heterocycles. The molecule has 0 spiro atoms. The fraction of sp³-hybridized carbons (Fsp3) is 0.241. The molecule has 3 aromatic carbocycles. The fourth-order valence-electron chi connectivity index (χ4n) is 4.26. The minimum Gasteiger partial charge on any atom is -0.507 e. The first-order chi connectivity index (χ1) is 17.5. The lowest BCUT2D eigenvalue weighted by Gasteiger charge is -2.26. The maximum absolute atomic E-state index is 13.3. The molecular weight excluding hydrogens is 458 g/mol. The molecule has 1 heterocycles. The Balaban J connectivity index is 1.86. The van der Waals surface area contributed by atoms with E-state index in [1.807, 2.05) is 32.9 Å². The van der Waals surface area contributed by atoms with Crippen molar-refractivity contribution >= 4 is 23.1 Å². The second-order valence-electron chi connectivity index (χ2n) is 8.06. The first kappa shape index (κ1) is 24.9. The van der Waals surface area contributed by atoms with E-state index in [1.165, 1.54) is 4.90 Å².